The Hall–Kier alpha value is -1.66. The minimum atomic E-state index is -0.938. The van der Waals surface area contributed by atoms with E-state index >= 15 is 0 Å². The van der Waals surface area contributed by atoms with Crippen molar-refractivity contribution in [2.45, 2.75) is 25.0 Å². The quantitative estimate of drug-likeness (QED) is 0.706. The van der Waals surface area contributed by atoms with E-state index in [2.05, 4.69) is 10.3 Å². The molecule has 1 amide bonds. The number of nitrogens with zero attached hydrogens (tertiary/aromatic N) is 1. The fraction of sp³-hybridized carbons (Fsp3) is 0.500. The molecule has 1 aromatic rings. The fourth-order valence-corrected chi connectivity index (χ4v) is 1.98. The van der Waals surface area contributed by atoms with Crippen LogP contribution in [0.15, 0.2) is 18.3 Å². The molecule has 1 aliphatic heterocycles. The van der Waals surface area contributed by atoms with E-state index in [0.29, 0.717) is 24.4 Å². The minimum Gasteiger partial charge on any atom is -0.385 e. The van der Waals surface area contributed by atoms with E-state index in [9.17, 15) is 9.90 Å². The summed E-state index contributed by atoms with van der Waals surface area (Å²) < 4.78 is 5.33. The summed E-state index contributed by atoms with van der Waals surface area (Å²) >= 11 is 0. The second-order valence-corrected chi connectivity index (χ2v) is 4.48. The molecule has 0 radical (unpaired) electrons. The number of nitrogens with one attached hydrogen (secondary N) is 1. The van der Waals surface area contributed by atoms with Gasteiger partial charge in [-0.15, -0.1) is 0 Å². The first kappa shape index (κ1) is 12.8. The standard InChI is InChI=1S/C12H17N3O3/c1-8-12(17,4-6-18-8)7-15-11-9(10(13)16)3-2-5-14-11/h2-3,5,8,17H,4,6-7H2,1H3,(H2,13,16)(H,14,15). The van der Waals surface area contributed by atoms with Crippen LogP contribution in [0.4, 0.5) is 5.82 Å². The first-order chi connectivity index (χ1) is 8.53. The molecule has 4 N–H and O–H groups in total. The first-order valence-electron chi connectivity index (χ1n) is 5.85. The van der Waals surface area contributed by atoms with E-state index in [-0.39, 0.29) is 12.6 Å². The molecule has 0 aliphatic carbocycles. The number of carbonyl (C=O) groups excluding carboxylic acids is 1. The number of rotatable bonds is 4. The van der Waals surface area contributed by atoms with Crippen LogP contribution in [-0.4, -0.2) is 40.9 Å². The molecule has 1 aliphatic rings. The topological polar surface area (TPSA) is 97.5 Å². The lowest BCUT2D eigenvalue weighted by atomic mass is 9.96. The highest BCUT2D eigenvalue weighted by Crippen LogP contribution is 2.26. The molecule has 0 bridgehead atoms. The number of pyridine rings is 1. The summed E-state index contributed by atoms with van der Waals surface area (Å²) in [4.78, 5) is 15.3. The Morgan fingerprint density at radius 1 is 1.78 bits per heavy atom. The number of carbonyl (C=O) groups is 1. The molecule has 0 aromatic carbocycles. The largest absolute Gasteiger partial charge is 0.385 e. The highest BCUT2D eigenvalue weighted by Gasteiger charge is 2.39. The molecule has 0 saturated carbocycles. The second-order valence-electron chi connectivity index (χ2n) is 4.48. The van der Waals surface area contributed by atoms with Gasteiger partial charge in [0.15, 0.2) is 0 Å². The number of ether oxygens (including phenoxy) is 1. The Bertz CT molecular complexity index is 452. The summed E-state index contributed by atoms with van der Waals surface area (Å²) in [7, 11) is 0. The van der Waals surface area contributed by atoms with E-state index in [1.807, 2.05) is 6.92 Å². The number of nitrogens with two attached hydrogens (primary N) is 1. The molecule has 6 nitrogen and oxygen atoms in total. The predicted octanol–water partition coefficient (Wildman–Crippen LogP) is 0.132. The number of anilines is 1. The van der Waals surface area contributed by atoms with E-state index in [0.717, 1.165) is 0 Å². The average Bonchev–Trinajstić information content (AvgIpc) is 2.68. The van der Waals surface area contributed by atoms with Crippen LogP contribution in [-0.2, 0) is 4.74 Å². The van der Waals surface area contributed by atoms with Crippen LogP contribution >= 0.6 is 0 Å². The third-order valence-electron chi connectivity index (χ3n) is 3.29. The first-order valence-corrected chi connectivity index (χ1v) is 5.85. The van der Waals surface area contributed by atoms with Crippen molar-refractivity contribution < 1.29 is 14.6 Å². The normalized spacial score (nSPS) is 27.1. The van der Waals surface area contributed by atoms with Gasteiger partial charge in [0.25, 0.3) is 5.91 Å². The Balaban J connectivity index is 2.09. The molecule has 98 valence electrons. The molecule has 1 aromatic heterocycles. The minimum absolute atomic E-state index is 0.245. The SMILES string of the molecule is CC1OCCC1(O)CNc1ncccc1C(N)=O. The summed E-state index contributed by atoms with van der Waals surface area (Å²) in [6, 6.07) is 3.23. The lowest BCUT2D eigenvalue weighted by molar-refractivity contribution is -0.0176. The summed E-state index contributed by atoms with van der Waals surface area (Å²) in [6.07, 6.45) is 1.87. The van der Waals surface area contributed by atoms with Gasteiger partial charge in [0, 0.05) is 25.8 Å². The summed E-state index contributed by atoms with van der Waals surface area (Å²) in [5, 5.41) is 13.3. The van der Waals surface area contributed by atoms with E-state index in [1.54, 1.807) is 18.3 Å². The van der Waals surface area contributed by atoms with Gasteiger partial charge in [-0.1, -0.05) is 0 Å². The van der Waals surface area contributed by atoms with Gasteiger partial charge in [0.1, 0.15) is 11.4 Å². The van der Waals surface area contributed by atoms with Crippen molar-refractivity contribution >= 4 is 11.7 Å². The maximum Gasteiger partial charge on any atom is 0.252 e. The van der Waals surface area contributed by atoms with Gasteiger partial charge in [-0.2, -0.15) is 0 Å². The van der Waals surface area contributed by atoms with Crippen LogP contribution in [0.2, 0.25) is 0 Å². The lowest BCUT2D eigenvalue weighted by Gasteiger charge is -2.26. The Kier molecular flexibility index (Phi) is 3.49. The van der Waals surface area contributed by atoms with Crippen molar-refractivity contribution in [3.8, 4) is 0 Å². The molecule has 2 heterocycles. The number of aromatic nitrogens is 1. The Morgan fingerprint density at radius 3 is 3.17 bits per heavy atom. The highest BCUT2D eigenvalue weighted by molar-refractivity contribution is 5.97. The van der Waals surface area contributed by atoms with Crippen molar-refractivity contribution in [2.75, 3.05) is 18.5 Å². The molecule has 0 spiro atoms. The molecule has 18 heavy (non-hydrogen) atoms. The zero-order chi connectivity index (χ0) is 13.2. The van der Waals surface area contributed by atoms with Crippen LogP contribution < -0.4 is 11.1 Å². The number of amides is 1. The van der Waals surface area contributed by atoms with Crippen molar-refractivity contribution in [3.05, 3.63) is 23.9 Å². The molecular formula is C12H17N3O3. The molecule has 1 saturated heterocycles. The zero-order valence-electron chi connectivity index (χ0n) is 10.2. The van der Waals surface area contributed by atoms with Gasteiger partial charge in [-0.25, -0.2) is 4.98 Å². The number of aliphatic hydroxyl groups is 1. The maximum atomic E-state index is 11.2. The van der Waals surface area contributed by atoms with Crippen LogP contribution in [0.3, 0.4) is 0 Å². The Labute approximate surface area is 105 Å². The highest BCUT2D eigenvalue weighted by atomic mass is 16.5. The third-order valence-corrected chi connectivity index (χ3v) is 3.29. The smallest absolute Gasteiger partial charge is 0.252 e. The maximum absolute atomic E-state index is 11.2. The third kappa shape index (κ3) is 2.44. The summed E-state index contributed by atoms with van der Waals surface area (Å²) in [5.41, 5.74) is 4.63. The van der Waals surface area contributed by atoms with Crippen molar-refractivity contribution in [1.29, 1.82) is 0 Å². The van der Waals surface area contributed by atoms with Crippen LogP contribution in [0.5, 0.6) is 0 Å². The van der Waals surface area contributed by atoms with E-state index in [1.165, 1.54) is 0 Å². The van der Waals surface area contributed by atoms with Crippen LogP contribution in [0.25, 0.3) is 0 Å². The van der Waals surface area contributed by atoms with Gasteiger partial charge in [-0.05, 0) is 19.1 Å². The summed E-state index contributed by atoms with van der Waals surface area (Å²) in [5.74, 6) is -0.161. The molecule has 6 heteroatoms. The molecular weight excluding hydrogens is 234 g/mol. The average molecular weight is 251 g/mol. The van der Waals surface area contributed by atoms with E-state index < -0.39 is 11.5 Å². The fourth-order valence-electron chi connectivity index (χ4n) is 1.98. The van der Waals surface area contributed by atoms with Crippen LogP contribution in [0.1, 0.15) is 23.7 Å². The van der Waals surface area contributed by atoms with Gasteiger partial charge >= 0.3 is 0 Å². The number of hydrogen-bond acceptors (Lipinski definition) is 5. The summed E-state index contributed by atoms with van der Waals surface area (Å²) in [6.45, 7) is 2.62. The Morgan fingerprint density at radius 2 is 2.56 bits per heavy atom. The van der Waals surface area contributed by atoms with E-state index in [4.69, 9.17) is 10.5 Å². The molecule has 2 rings (SSSR count). The number of primary amides is 1. The van der Waals surface area contributed by atoms with Gasteiger partial charge in [0.2, 0.25) is 0 Å². The molecule has 2 unspecified atom stereocenters. The van der Waals surface area contributed by atoms with Crippen molar-refractivity contribution in [2.24, 2.45) is 5.73 Å². The second kappa shape index (κ2) is 4.91. The monoisotopic (exact) mass is 251 g/mol. The van der Waals surface area contributed by atoms with Gasteiger partial charge in [0.05, 0.1) is 11.7 Å². The lowest BCUT2D eigenvalue weighted by Crippen LogP contribution is -2.43. The van der Waals surface area contributed by atoms with Crippen molar-refractivity contribution in [1.82, 2.24) is 4.98 Å². The van der Waals surface area contributed by atoms with Gasteiger partial charge < -0.3 is 20.9 Å². The van der Waals surface area contributed by atoms with Gasteiger partial charge in [-0.3, -0.25) is 4.79 Å². The number of hydrogen-bond donors (Lipinski definition) is 3. The van der Waals surface area contributed by atoms with Crippen LogP contribution in [0, 0.1) is 0 Å². The molecule has 2 atom stereocenters. The molecule has 1 fully saturated rings. The zero-order valence-corrected chi connectivity index (χ0v) is 10.2. The predicted molar refractivity (Wildman–Crippen MR) is 66.2 cm³/mol. The van der Waals surface area contributed by atoms with Crippen molar-refractivity contribution in [3.63, 3.8) is 0 Å².